The molecule has 0 fully saturated rings. The van der Waals surface area contributed by atoms with Crippen molar-refractivity contribution in [3.8, 4) is 11.8 Å². The van der Waals surface area contributed by atoms with E-state index >= 15 is 0 Å². The molecule has 7 heteroatoms. The fourth-order valence-electron chi connectivity index (χ4n) is 1.28. The van der Waals surface area contributed by atoms with Gasteiger partial charge in [0.2, 0.25) is 5.91 Å². The van der Waals surface area contributed by atoms with Gasteiger partial charge in [-0.1, -0.05) is 12.1 Å². The van der Waals surface area contributed by atoms with E-state index in [1.165, 1.54) is 13.2 Å². The van der Waals surface area contributed by atoms with Crippen LogP contribution < -0.4 is 10.1 Å². The summed E-state index contributed by atoms with van der Waals surface area (Å²) in [5.74, 6) is -1.66. The van der Waals surface area contributed by atoms with Crippen LogP contribution in [0, 0.1) is 11.3 Å². The third kappa shape index (κ3) is 4.07. The summed E-state index contributed by atoms with van der Waals surface area (Å²) < 4.78 is 27.5. The van der Waals surface area contributed by atoms with Crippen LogP contribution in [0.1, 0.15) is 0 Å². The van der Waals surface area contributed by atoms with Crippen molar-refractivity contribution in [3.63, 3.8) is 0 Å². The molecule has 96 valence electrons. The number of anilines is 1. The third-order valence-corrected chi connectivity index (χ3v) is 3.29. The van der Waals surface area contributed by atoms with E-state index in [4.69, 9.17) is 10.00 Å². The zero-order valence-electron chi connectivity index (χ0n) is 9.71. The number of sulfone groups is 1. The molecule has 0 saturated heterocycles. The van der Waals surface area contributed by atoms with E-state index in [0.717, 1.165) is 0 Å². The summed E-state index contributed by atoms with van der Waals surface area (Å²) in [7, 11) is -2.24. The number of carbonyl (C=O) groups is 1. The molecule has 6 nitrogen and oxygen atoms in total. The van der Waals surface area contributed by atoms with Crippen LogP contribution in [0.5, 0.6) is 5.75 Å². The molecule has 1 N–H and O–H groups in total. The molecule has 18 heavy (non-hydrogen) atoms. The van der Waals surface area contributed by atoms with Crippen molar-refractivity contribution in [2.75, 3.05) is 23.9 Å². The van der Waals surface area contributed by atoms with Crippen LogP contribution in [0.3, 0.4) is 0 Å². The minimum atomic E-state index is -3.68. The lowest BCUT2D eigenvalue weighted by atomic mass is 10.3. The van der Waals surface area contributed by atoms with Gasteiger partial charge in [0.25, 0.3) is 0 Å². The Labute approximate surface area is 105 Å². The summed E-state index contributed by atoms with van der Waals surface area (Å²) in [6, 6.07) is 8.14. The summed E-state index contributed by atoms with van der Waals surface area (Å²) >= 11 is 0. The Kier molecular flexibility index (Phi) is 4.68. The highest BCUT2D eigenvalue weighted by Crippen LogP contribution is 2.22. The Morgan fingerprint density at radius 2 is 2.11 bits per heavy atom. The highest BCUT2D eigenvalue weighted by Gasteiger charge is 2.17. The smallest absolute Gasteiger partial charge is 0.239 e. The van der Waals surface area contributed by atoms with Crippen molar-refractivity contribution >= 4 is 21.4 Å². The number of nitrogens with one attached hydrogen (secondary N) is 1. The van der Waals surface area contributed by atoms with Gasteiger partial charge in [0, 0.05) is 0 Å². The van der Waals surface area contributed by atoms with E-state index in [2.05, 4.69) is 5.32 Å². The number of nitriles is 1. The zero-order valence-corrected chi connectivity index (χ0v) is 10.5. The fourth-order valence-corrected chi connectivity index (χ4v) is 2.05. The lowest BCUT2D eigenvalue weighted by Gasteiger charge is -2.09. The number of hydrogen-bond acceptors (Lipinski definition) is 5. The molecule has 0 unspecified atom stereocenters. The number of para-hydroxylation sites is 2. The summed E-state index contributed by atoms with van der Waals surface area (Å²) in [6.45, 7) is 0. The molecular weight excluding hydrogens is 256 g/mol. The molecule has 0 saturated carbocycles. The number of benzene rings is 1. The molecule has 1 aromatic carbocycles. The van der Waals surface area contributed by atoms with Crippen LogP contribution >= 0.6 is 0 Å². The molecule has 0 aliphatic rings. The molecule has 1 aromatic rings. The minimum absolute atomic E-state index is 0.386. The first kappa shape index (κ1) is 14.0. The lowest BCUT2D eigenvalue weighted by molar-refractivity contribution is -0.113. The maximum Gasteiger partial charge on any atom is 0.239 e. The second kappa shape index (κ2) is 6.02. The molecule has 1 amide bonds. The second-order valence-corrected chi connectivity index (χ2v) is 5.50. The molecule has 0 aliphatic heterocycles. The fraction of sp³-hybridized carbons (Fsp3) is 0.273. The van der Waals surface area contributed by atoms with Crippen molar-refractivity contribution in [2.24, 2.45) is 0 Å². The Morgan fingerprint density at radius 3 is 2.72 bits per heavy atom. The number of rotatable bonds is 5. The van der Waals surface area contributed by atoms with Gasteiger partial charge in [0.05, 0.1) is 18.9 Å². The topological polar surface area (TPSA) is 96.3 Å². The summed E-state index contributed by atoms with van der Waals surface area (Å²) in [5, 5.41) is 10.7. The average Bonchev–Trinajstić information content (AvgIpc) is 2.28. The van der Waals surface area contributed by atoms with Gasteiger partial charge in [-0.25, -0.2) is 8.42 Å². The highest BCUT2D eigenvalue weighted by molar-refractivity contribution is 7.92. The van der Waals surface area contributed by atoms with Gasteiger partial charge >= 0.3 is 0 Å². The van der Waals surface area contributed by atoms with Crippen LogP contribution in [0.2, 0.25) is 0 Å². The van der Waals surface area contributed by atoms with Crippen molar-refractivity contribution < 1.29 is 17.9 Å². The largest absolute Gasteiger partial charge is 0.495 e. The molecule has 0 atom stereocenters. The standard InChI is InChI=1S/C11H12N2O4S/c1-17-10-5-3-2-4-9(10)13-11(14)8-18(15,16)7-6-12/h2-5H,7-8H2,1H3,(H,13,14). The van der Waals surface area contributed by atoms with Crippen LogP contribution in [-0.4, -0.2) is 32.9 Å². The first-order chi connectivity index (χ1) is 8.48. The minimum Gasteiger partial charge on any atom is -0.495 e. The molecule has 0 bridgehead atoms. The second-order valence-electron chi connectivity index (χ2n) is 3.44. The van der Waals surface area contributed by atoms with Crippen molar-refractivity contribution in [1.82, 2.24) is 0 Å². The summed E-state index contributed by atoms with van der Waals surface area (Å²) in [6.07, 6.45) is 0. The Hall–Kier alpha value is -2.07. The van der Waals surface area contributed by atoms with Gasteiger partial charge in [-0.3, -0.25) is 4.79 Å². The van der Waals surface area contributed by atoms with E-state index in [0.29, 0.717) is 11.4 Å². The van der Waals surface area contributed by atoms with Crippen LogP contribution in [-0.2, 0) is 14.6 Å². The van der Waals surface area contributed by atoms with E-state index < -0.39 is 27.3 Å². The number of hydrogen-bond donors (Lipinski definition) is 1. The van der Waals surface area contributed by atoms with Gasteiger partial charge in [-0.05, 0) is 12.1 Å². The average molecular weight is 268 g/mol. The molecule has 0 heterocycles. The molecule has 0 aromatic heterocycles. The molecular formula is C11H12N2O4S. The van der Waals surface area contributed by atoms with Gasteiger partial charge in [-0.15, -0.1) is 0 Å². The SMILES string of the molecule is COc1ccccc1NC(=O)CS(=O)(=O)CC#N. The van der Waals surface area contributed by atoms with Gasteiger partial charge in [-0.2, -0.15) is 5.26 Å². The predicted molar refractivity (Wildman–Crippen MR) is 65.9 cm³/mol. The van der Waals surface area contributed by atoms with Gasteiger partial charge in [0.15, 0.2) is 9.84 Å². The van der Waals surface area contributed by atoms with E-state index in [1.54, 1.807) is 24.3 Å². The van der Waals surface area contributed by atoms with E-state index in [1.807, 2.05) is 0 Å². The monoisotopic (exact) mass is 268 g/mol. The quantitative estimate of drug-likeness (QED) is 0.842. The van der Waals surface area contributed by atoms with Crippen LogP contribution in [0.25, 0.3) is 0 Å². The van der Waals surface area contributed by atoms with Crippen molar-refractivity contribution in [3.05, 3.63) is 24.3 Å². The molecule has 1 rings (SSSR count). The first-order valence-electron chi connectivity index (χ1n) is 4.99. The van der Waals surface area contributed by atoms with Crippen LogP contribution in [0.4, 0.5) is 5.69 Å². The number of ether oxygens (including phenoxy) is 1. The first-order valence-corrected chi connectivity index (χ1v) is 6.81. The van der Waals surface area contributed by atoms with E-state index in [9.17, 15) is 13.2 Å². The van der Waals surface area contributed by atoms with Crippen molar-refractivity contribution in [1.29, 1.82) is 5.26 Å². The van der Waals surface area contributed by atoms with Crippen molar-refractivity contribution in [2.45, 2.75) is 0 Å². The lowest BCUT2D eigenvalue weighted by Crippen LogP contribution is -2.24. The van der Waals surface area contributed by atoms with Gasteiger partial charge < -0.3 is 10.1 Å². The number of methoxy groups -OCH3 is 1. The normalized spacial score (nSPS) is 10.4. The third-order valence-electron chi connectivity index (χ3n) is 2.02. The molecule has 0 spiro atoms. The molecule has 0 radical (unpaired) electrons. The number of carbonyl (C=O) groups excluding carboxylic acids is 1. The zero-order chi connectivity index (χ0) is 13.6. The predicted octanol–water partition coefficient (Wildman–Crippen LogP) is 0.572. The number of nitrogens with zero attached hydrogens (tertiary/aromatic N) is 1. The summed E-state index contributed by atoms with van der Waals surface area (Å²) in [4.78, 5) is 11.5. The Bertz CT molecular complexity index is 575. The number of amides is 1. The maximum atomic E-state index is 11.5. The van der Waals surface area contributed by atoms with Gasteiger partial charge in [0.1, 0.15) is 17.3 Å². The summed E-state index contributed by atoms with van der Waals surface area (Å²) in [5.41, 5.74) is 0.386. The molecule has 0 aliphatic carbocycles. The van der Waals surface area contributed by atoms with Crippen LogP contribution in [0.15, 0.2) is 24.3 Å². The Morgan fingerprint density at radius 1 is 1.44 bits per heavy atom. The Balaban J connectivity index is 2.74. The highest BCUT2D eigenvalue weighted by atomic mass is 32.2. The maximum absolute atomic E-state index is 11.5. The van der Waals surface area contributed by atoms with E-state index in [-0.39, 0.29) is 0 Å².